The molecule has 0 aliphatic heterocycles. The third kappa shape index (κ3) is 6.49. The molecule has 2 aromatic rings. The predicted octanol–water partition coefficient (Wildman–Crippen LogP) is 6.54. The van der Waals surface area contributed by atoms with Crippen LogP contribution in [0.1, 0.15) is 37.8 Å². The molecule has 0 amide bonds. The van der Waals surface area contributed by atoms with Crippen molar-refractivity contribution in [2.75, 3.05) is 5.32 Å². The molecule has 0 fully saturated rings. The third-order valence-corrected chi connectivity index (χ3v) is 4.65. The van der Waals surface area contributed by atoms with E-state index in [4.69, 9.17) is 0 Å². The van der Waals surface area contributed by atoms with Gasteiger partial charge >= 0.3 is 0 Å². The Kier molecular flexibility index (Phi) is 7.32. The molecule has 0 saturated heterocycles. The van der Waals surface area contributed by atoms with Crippen molar-refractivity contribution in [1.29, 1.82) is 0 Å². The van der Waals surface area contributed by atoms with E-state index >= 15 is 0 Å². The van der Waals surface area contributed by atoms with Crippen molar-refractivity contribution in [1.82, 2.24) is 0 Å². The van der Waals surface area contributed by atoms with E-state index in [0.717, 1.165) is 37.1 Å². The molecule has 0 radical (unpaired) electrons. The number of anilines is 1. The van der Waals surface area contributed by atoms with Gasteiger partial charge in [0.25, 0.3) is 0 Å². The van der Waals surface area contributed by atoms with Crippen LogP contribution in [0.15, 0.2) is 84.8 Å². The minimum atomic E-state index is 0.431. The van der Waals surface area contributed by atoms with Crippen molar-refractivity contribution in [3.63, 3.8) is 0 Å². The summed E-state index contributed by atoms with van der Waals surface area (Å²) < 4.78 is 0. The Morgan fingerprint density at radius 2 is 1.64 bits per heavy atom. The highest BCUT2D eigenvalue weighted by Gasteiger charge is 2.07. The maximum absolute atomic E-state index is 4.23. The van der Waals surface area contributed by atoms with Crippen LogP contribution in [-0.4, -0.2) is 0 Å². The summed E-state index contributed by atoms with van der Waals surface area (Å²) >= 11 is 0. The predicted molar refractivity (Wildman–Crippen MR) is 110 cm³/mol. The zero-order valence-electron chi connectivity index (χ0n) is 15.5. The van der Waals surface area contributed by atoms with E-state index in [2.05, 4.69) is 92.7 Å². The molecule has 0 aromatic heterocycles. The van der Waals surface area contributed by atoms with E-state index in [-0.39, 0.29) is 0 Å². The van der Waals surface area contributed by atoms with Crippen LogP contribution < -0.4 is 5.32 Å². The highest BCUT2D eigenvalue weighted by atomic mass is 14.9. The van der Waals surface area contributed by atoms with E-state index in [1.807, 2.05) is 0 Å². The first kappa shape index (κ1) is 18.8. The molecule has 0 aliphatic carbocycles. The number of aryl methyl sites for hydroxylation is 2. The van der Waals surface area contributed by atoms with Crippen LogP contribution in [0.2, 0.25) is 0 Å². The highest BCUT2D eigenvalue weighted by Crippen LogP contribution is 2.20. The van der Waals surface area contributed by atoms with E-state index in [0.29, 0.717) is 5.92 Å². The van der Waals surface area contributed by atoms with Gasteiger partial charge in [-0.2, -0.15) is 0 Å². The van der Waals surface area contributed by atoms with Gasteiger partial charge in [0.1, 0.15) is 0 Å². The number of nitrogens with one attached hydrogen (secondary N) is 1. The second-order valence-corrected chi connectivity index (χ2v) is 6.73. The summed E-state index contributed by atoms with van der Waals surface area (Å²) in [5.41, 5.74) is 9.07. The molecule has 0 heterocycles. The summed E-state index contributed by atoms with van der Waals surface area (Å²) in [6, 6.07) is 19.3. The summed E-state index contributed by atoms with van der Waals surface area (Å²) in [5.74, 6) is 0.431. The minimum Gasteiger partial charge on any atom is -0.359 e. The molecule has 0 bridgehead atoms. The summed E-state index contributed by atoms with van der Waals surface area (Å²) in [6.07, 6.45) is 4.22. The fourth-order valence-corrected chi connectivity index (χ4v) is 2.69. The van der Waals surface area contributed by atoms with Gasteiger partial charge < -0.3 is 5.32 Å². The van der Waals surface area contributed by atoms with Crippen LogP contribution in [0.25, 0.3) is 0 Å². The van der Waals surface area contributed by atoms with Crippen LogP contribution in [0.4, 0.5) is 5.69 Å². The molecular formula is C24H29N. The Bertz CT molecular complexity index is 718. The molecule has 2 rings (SSSR count). The van der Waals surface area contributed by atoms with Crippen molar-refractivity contribution in [2.24, 2.45) is 5.92 Å². The topological polar surface area (TPSA) is 12.0 Å². The fraction of sp³-hybridized carbons (Fsp3) is 0.292. The standard InChI is InChI=1S/C24H29N/c1-5-19(2)11-13-23-15-17-24(18-16-23)25-21(4)20(3)12-14-22-9-7-6-8-10-22/h6-10,15-18,20,25H,1,4,11-14H2,2-3H3. The molecule has 1 N–H and O–H groups in total. The highest BCUT2D eigenvalue weighted by molar-refractivity contribution is 5.49. The zero-order valence-corrected chi connectivity index (χ0v) is 15.5. The van der Waals surface area contributed by atoms with Crippen LogP contribution in [0, 0.1) is 5.92 Å². The van der Waals surface area contributed by atoms with Gasteiger partial charge in [0, 0.05) is 11.4 Å². The lowest BCUT2D eigenvalue weighted by molar-refractivity contribution is 0.618. The molecule has 2 aromatic carbocycles. The Balaban J connectivity index is 1.82. The van der Waals surface area contributed by atoms with E-state index in [1.54, 1.807) is 0 Å². The normalized spacial score (nSPS) is 11.4. The summed E-state index contributed by atoms with van der Waals surface area (Å²) in [6.45, 7) is 12.2. The molecular weight excluding hydrogens is 302 g/mol. The Labute approximate surface area is 152 Å². The molecule has 1 nitrogen and oxygen atoms in total. The van der Waals surface area contributed by atoms with Crippen LogP contribution in [0.5, 0.6) is 0 Å². The first-order valence-corrected chi connectivity index (χ1v) is 9.02. The van der Waals surface area contributed by atoms with Gasteiger partial charge in [0.2, 0.25) is 0 Å². The second kappa shape index (κ2) is 9.71. The summed E-state index contributed by atoms with van der Waals surface area (Å²) in [5, 5.41) is 3.46. The van der Waals surface area contributed by atoms with E-state index in [1.165, 1.54) is 16.7 Å². The molecule has 25 heavy (non-hydrogen) atoms. The molecule has 0 spiro atoms. The largest absolute Gasteiger partial charge is 0.359 e. The summed E-state index contributed by atoms with van der Waals surface area (Å²) in [7, 11) is 0. The van der Waals surface area contributed by atoms with Gasteiger partial charge in [-0.05, 0) is 67.4 Å². The van der Waals surface area contributed by atoms with Crippen molar-refractivity contribution in [2.45, 2.75) is 39.5 Å². The number of hydrogen-bond acceptors (Lipinski definition) is 1. The number of hydrogen-bond donors (Lipinski definition) is 1. The number of benzene rings is 2. The van der Waals surface area contributed by atoms with Crippen molar-refractivity contribution in [3.8, 4) is 0 Å². The maximum Gasteiger partial charge on any atom is 0.0381 e. The smallest absolute Gasteiger partial charge is 0.0381 e. The van der Waals surface area contributed by atoms with Crippen LogP contribution in [-0.2, 0) is 12.8 Å². The van der Waals surface area contributed by atoms with Gasteiger partial charge in [0.05, 0.1) is 0 Å². The second-order valence-electron chi connectivity index (χ2n) is 6.73. The lowest BCUT2D eigenvalue weighted by atomic mass is 9.98. The van der Waals surface area contributed by atoms with Gasteiger partial charge in [-0.1, -0.05) is 62.5 Å². The fourth-order valence-electron chi connectivity index (χ4n) is 2.69. The van der Waals surface area contributed by atoms with Crippen molar-refractivity contribution in [3.05, 3.63) is 95.9 Å². The monoisotopic (exact) mass is 331 g/mol. The number of rotatable bonds is 9. The van der Waals surface area contributed by atoms with Gasteiger partial charge in [0.15, 0.2) is 0 Å². The molecule has 1 unspecified atom stereocenters. The summed E-state index contributed by atoms with van der Waals surface area (Å²) in [4.78, 5) is 0. The molecule has 0 saturated carbocycles. The quantitative estimate of drug-likeness (QED) is 0.514. The third-order valence-electron chi connectivity index (χ3n) is 4.65. The SMILES string of the molecule is C=C=C(C)CCc1ccc(NC(=C)C(C)CCc2ccccc2)cc1. The van der Waals surface area contributed by atoms with Gasteiger partial charge in [-0.3, -0.25) is 0 Å². The van der Waals surface area contributed by atoms with Gasteiger partial charge in [-0.15, -0.1) is 5.73 Å². The maximum atomic E-state index is 4.23. The zero-order chi connectivity index (χ0) is 18.1. The molecule has 0 aliphatic rings. The average Bonchev–Trinajstić information content (AvgIpc) is 2.66. The molecule has 1 atom stereocenters. The van der Waals surface area contributed by atoms with Crippen molar-refractivity contribution >= 4 is 5.69 Å². The van der Waals surface area contributed by atoms with Gasteiger partial charge in [-0.25, -0.2) is 0 Å². The first-order chi connectivity index (χ1) is 12.1. The first-order valence-electron chi connectivity index (χ1n) is 9.02. The Hall–Kier alpha value is -2.50. The molecule has 1 heteroatoms. The Morgan fingerprint density at radius 1 is 1.00 bits per heavy atom. The minimum absolute atomic E-state index is 0.431. The lowest BCUT2D eigenvalue weighted by Gasteiger charge is -2.17. The van der Waals surface area contributed by atoms with Crippen LogP contribution in [0.3, 0.4) is 0 Å². The molecule has 130 valence electrons. The average molecular weight is 332 g/mol. The Morgan fingerprint density at radius 3 is 2.28 bits per heavy atom. The van der Waals surface area contributed by atoms with E-state index in [9.17, 15) is 0 Å². The van der Waals surface area contributed by atoms with E-state index < -0.39 is 0 Å². The van der Waals surface area contributed by atoms with Crippen molar-refractivity contribution < 1.29 is 0 Å². The number of allylic oxidation sites excluding steroid dienone is 2. The lowest BCUT2D eigenvalue weighted by Crippen LogP contribution is -2.09. The van der Waals surface area contributed by atoms with Crippen LogP contribution >= 0.6 is 0 Å².